The fourth-order valence-electron chi connectivity index (χ4n) is 2.76. The van der Waals surface area contributed by atoms with E-state index >= 15 is 0 Å². The minimum Gasteiger partial charge on any atom is -0.496 e. The summed E-state index contributed by atoms with van der Waals surface area (Å²) in [5, 5.41) is 16.2. The Labute approximate surface area is 168 Å². The van der Waals surface area contributed by atoms with E-state index in [2.05, 4.69) is 20.6 Å². The van der Waals surface area contributed by atoms with Crippen molar-refractivity contribution in [3.8, 4) is 11.6 Å². The van der Waals surface area contributed by atoms with Crippen LogP contribution in [-0.4, -0.2) is 38.2 Å². The summed E-state index contributed by atoms with van der Waals surface area (Å²) in [6, 6.07) is 13.3. The number of hydrogen-bond donors (Lipinski definition) is 1. The number of hydrogen-bond acceptors (Lipinski definition) is 6. The second-order valence-corrected chi connectivity index (χ2v) is 7.72. The van der Waals surface area contributed by atoms with Crippen molar-refractivity contribution >= 4 is 17.7 Å². The Balaban J connectivity index is 1.58. The third-order valence-electron chi connectivity index (χ3n) is 4.16. The Hall–Kier alpha value is -2.87. The van der Waals surface area contributed by atoms with Crippen LogP contribution in [0.15, 0.2) is 47.5 Å². The number of aryl methyl sites for hydroxylation is 2. The second kappa shape index (κ2) is 8.88. The van der Waals surface area contributed by atoms with Gasteiger partial charge in [0.15, 0.2) is 5.82 Å². The number of methoxy groups -OCH3 is 1. The highest BCUT2D eigenvalue weighted by atomic mass is 32.2. The van der Waals surface area contributed by atoms with Gasteiger partial charge < -0.3 is 10.1 Å². The quantitative estimate of drug-likeness (QED) is 0.617. The van der Waals surface area contributed by atoms with E-state index in [0.29, 0.717) is 17.4 Å². The topological polar surface area (TPSA) is 81.9 Å². The van der Waals surface area contributed by atoms with Gasteiger partial charge in [-0.25, -0.2) is 4.68 Å². The smallest absolute Gasteiger partial charge is 0.233 e. The summed E-state index contributed by atoms with van der Waals surface area (Å²) >= 11 is 1.36. The Morgan fingerprint density at radius 2 is 2.00 bits per heavy atom. The van der Waals surface area contributed by atoms with Gasteiger partial charge in [-0.15, -0.1) is 10.2 Å². The molecule has 0 spiro atoms. The predicted octanol–water partition coefficient (Wildman–Crippen LogP) is 3.08. The van der Waals surface area contributed by atoms with E-state index in [1.807, 2.05) is 63.2 Å². The summed E-state index contributed by atoms with van der Waals surface area (Å²) in [5.41, 5.74) is 2.86. The molecule has 28 heavy (non-hydrogen) atoms. The summed E-state index contributed by atoms with van der Waals surface area (Å²) < 4.78 is 7.06. The van der Waals surface area contributed by atoms with Gasteiger partial charge in [0.2, 0.25) is 5.91 Å². The fraction of sp³-hybridized carbons (Fsp3) is 0.300. The number of carbonyl (C=O) groups is 1. The number of amides is 1. The maximum Gasteiger partial charge on any atom is 0.233 e. The molecule has 0 aliphatic heterocycles. The summed E-state index contributed by atoms with van der Waals surface area (Å²) in [7, 11) is 1.62. The average molecular weight is 398 g/mol. The van der Waals surface area contributed by atoms with E-state index in [1.54, 1.807) is 11.8 Å². The fourth-order valence-corrected chi connectivity index (χ4v) is 3.55. The molecule has 0 fully saturated rings. The monoisotopic (exact) mass is 397 g/mol. The number of nitrogens with zero attached hydrogens (tertiary/aromatic N) is 4. The van der Waals surface area contributed by atoms with Gasteiger partial charge in [0.25, 0.3) is 0 Å². The number of rotatable bonds is 7. The van der Waals surface area contributed by atoms with Gasteiger partial charge >= 0.3 is 0 Å². The van der Waals surface area contributed by atoms with Crippen LogP contribution in [-0.2, 0) is 11.3 Å². The first-order valence-electron chi connectivity index (χ1n) is 8.91. The lowest BCUT2D eigenvalue weighted by Crippen LogP contribution is -2.30. The zero-order valence-electron chi connectivity index (χ0n) is 16.3. The zero-order valence-corrected chi connectivity index (χ0v) is 17.2. The standard InChI is InChI=1S/C20H23N5O2S/c1-13-11-14(2)25(24-13)18-9-10-19(23-22-18)28-15(3)20(26)21-12-16-7-5-6-8-17(16)27-4/h5-11,15H,12H2,1-4H3,(H,21,26). The van der Waals surface area contributed by atoms with E-state index in [9.17, 15) is 4.79 Å². The van der Waals surface area contributed by atoms with Gasteiger partial charge in [-0.05, 0) is 45.0 Å². The SMILES string of the molecule is COc1ccccc1CNC(=O)C(C)Sc1ccc(-n2nc(C)cc2C)nn1. The van der Waals surface area contributed by atoms with Crippen LogP contribution in [0.4, 0.5) is 0 Å². The molecule has 1 amide bonds. The van der Waals surface area contributed by atoms with Crippen molar-refractivity contribution in [3.63, 3.8) is 0 Å². The van der Waals surface area contributed by atoms with Gasteiger partial charge in [-0.2, -0.15) is 5.10 Å². The predicted molar refractivity (Wildman–Crippen MR) is 109 cm³/mol. The number of thioether (sulfide) groups is 1. The van der Waals surface area contributed by atoms with E-state index in [0.717, 1.165) is 22.7 Å². The molecule has 0 bridgehead atoms. The summed E-state index contributed by atoms with van der Waals surface area (Å²) in [4.78, 5) is 12.4. The molecule has 1 unspecified atom stereocenters. The van der Waals surface area contributed by atoms with Crippen LogP contribution >= 0.6 is 11.8 Å². The van der Waals surface area contributed by atoms with Crippen LogP contribution in [0.3, 0.4) is 0 Å². The molecule has 0 aliphatic carbocycles. The highest BCUT2D eigenvalue weighted by Gasteiger charge is 2.16. The number of para-hydroxylation sites is 1. The number of carbonyl (C=O) groups excluding carboxylic acids is 1. The van der Waals surface area contributed by atoms with E-state index < -0.39 is 0 Å². The van der Waals surface area contributed by atoms with E-state index in [4.69, 9.17) is 4.74 Å². The summed E-state index contributed by atoms with van der Waals surface area (Å²) in [5.74, 6) is 1.34. The molecule has 1 aromatic carbocycles. The molecule has 1 N–H and O–H groups in total. The summed E-state index contributed by atoms with van der Waals surface area (Å²) in [6.07, 6.45) is 0. The molecule has 2 heterocycles. The first-order valence-corrected chi connectivity index (χ1v) is 9.79. The first-order chi connectivity index (χ1) is 13.5. The van der Waals surface area contributed by atoms with Gasteiger partial charge in [-0.3, -0.25) is 4.79 Å². The molecule has 3 aromatic rings. The Morgan fingerprint density at radius 1 is 1.21 bits per heavy atom. The van der Waals surface area contributed by atoms with Gasteiger partial charge in [0, 0.05) is 17.8 Å². The van der Waals surface area contributed by atoms with Crippen LogP contribution in [0.1, 0.15) is 23.9 Å². The van der Waals surface area contributed by atoms with Crippen molar-refractivity contribution in [2.24, 2.45) is 0 Å². The molecule has 8 heteroatoms. The molecule has 1 atom stereocenters. The van der Waals surface area contributed by atoms with Gasteiger partial charge in [0.1, 0.15) is 10.8 Å². The van der Waals surface area contributed by atoms with Crippen LogP contribution < -0.4 is 10.1 Å². The molecule has 146 valence electrons. The van der Waals surface area contributed by atoms with Crippen molar-refractivity contribution < 1.29 is 9.53 Å². The zero-order chi connectivity index (χ0) is 20.1. The van der Waals surface area contributed by atoms with Crippen molar-refractivity contribution in [3.05, 3.63) is 59.4 Å². The lowest BCUT2D eigenvalue weighted by atomic mass is 10.2. The van der Waals surface area contributed by atoms with Crippen LogP contribution in [0.5, 0.6) is 5.75 Å². The minimum atomic E-state index is -0.302. The largest absolute Gasteiger partial charge is 0.496 e. The molecular formula is C20H23N5O2S. The maximum atomic E-state index is 12.4. The third kappa shape index (κ3) is 4.69. The number of benzene rings is 1. The van der Waals surface area contributed by atoms with Gasteiger partial charge in [0.05, 0.1) is 18.1 Å². The highest BCUT2D eigenvalue weighted by Crippen LogP contribution is 2.22. The number of nitrogens with one attached hydrogen (secondary N) is 1. The second-order valence-electron chi connectivity index (χ2n) is 6.36. The molecule has 3 rings (SSSR count). The van der Waals surface area contributed by atoms with Crippen molar-refractivity contribution in [1.29, 1.82) is 0 Å². The average Bonchev–Trinajstić information content (AvgIpc) is 3.04. The molecule has 0 saturated carbocycles. The Kier molecular flexibility index (Phi) is 6.30. The lowest BCUT2D eigenvalue weighted by Gasteiger charge is -2.13. The van der Waals surface area contributed by atoms with Crippen molar-refractivity contribution in [2.45, 2.75) is 37.6 Å². The number of aromatic nitrogens is 4. The summed E-state index contributed by atoms with van der Waals surface area (Å²) in [6.45, 7) is 6.17. The molecule has 0 aliphatic rings. The molecule has 0 saturated heterocycles. The van der Waals surface area contributed by atoms with Crippen LogP contribution in [0.2, 0.25) is 0 Å². The lowest BCUT2D eigenvalue weighted by molar-refractivity contribution is -0.120. The maximum absolute atomic E-state index is 12.4. The van der Waals surface area contributed by atoms with Crippen LogP contribution in [0, 0.1) is 13.8 Å². The van der Waals surface area contributed by atoms with E-state index in [1.165, 1.54) is 11.8 Å². The van der Waals surface area contributed by atoms with Crippen molar-refractivity contribution in [2.75, 3.05) is 7.11 Å². The molecular weight excluding hydrogens is 374 g/mol. The minimum absolute atomic E-state index is 0.0691. The van der Waals surface area contributed by atoms with Crippen molar-refractivity contribution in [1.82, 2.24) is 25.3 Å². The highest BCUT2D eigenvalue weighted by molar-refractivity contribution is 8.00. The number of ether oxygens (including phenoxy) is 1. The van der Waals surface area contributed by atoms with Gasteiger partial charge in [-0.1, -0.05) is 30.0 Å². The Morgan fingerprint density at radius 3 is 2.64 bits per heavy atom. The van der Waals surface area contributed by atoms with E-state index in [-0.39, 0.29) is 11.2 Å². The molecule has 0 radical (unpaired) electrons. The molecule has 7 nitrogen and oxygen atoms in total. The first kappa shape index (κ1) is 19.9. The molecule has 2 aromatic heterocycles. The Bertz CT molecular complexity index is 955. The van der Waals surface area contributed by atoms with Crippen LogP contribution in [0.25, 0.3) is 5.82 Å². The third-order valence-corrected chi connectivity index (χ3v) is 5.19. The normalized spacial score (nSPS) is 11.9.